The van der Waals surface area contributed by atoms with Crippen LogP contribution < -0.4 is 10.3 Å². The lowest BCUT2D eigenvalue weighted by Crippen LogP contribution is -2.25. The number of ether oxygens (including phenoxy) is 1. The van der Waals surface area contributed by atoms with Crippen LogP contribution in [0, 0.1) is 0 Å². The minimum atomic E-state index is -3.28. The number of aromatic nitrogens is 2. The highest BCUT2D eigenvalue weighted by Crippen LogP contribution is 2.28. The Bertz CT molecular complexity index is 1230. The molecule has 7 nitrogen and oxygen atoms in total. The molecule has 0 fully saturated rings. The van der Waals surface area contributed by atoms with E-state index < -0.39 is 10.0 Å². The fraction of sp³-hybridized carbons (Fsp3) is 0.300. The van der Waals surface area contributed by atoms with Crippen molar-refractivity contribution >= 4 is 44.3 Å². The van der Waals surface area contributed by atoms with Crippen molar-refractivity contribution in [3.63, 3.8) is 0 Å². The van der Waals surface area contributed by atoms with Gasteiger partial charge in [0.1, 0.15) is 5.75 Å². The molecule has 3 aromatic rings. The van der Waals surface area contributed by atoms with Crippen molar-refractivity contribution in [3.05, 3.63) is 57.8 Å². The molecule has 1 aromatic heterocycles. The first kappa shape index (κ1) is 22.6. The Balaban J connectivity index is 2.04. The predicted octanol–water partition coefficient (Wildman–Crippen LogP) is 3.42. The van der Waals surface area contributed by atoms with Crippen molar-refractivity contribution in [1.29, 1.82) is 0 Å². The van der Waals surface area contributed by atoms with Gasteiger partial charge in [-0.3, -0.25) is 9.36 Å². The first-order valence-electron chi connectivity index (χ1n) is 9.13. The molecule has 0 N–H and O–H groups in total. The lowest BCUT2D eigenvalue weighted by Gasteiger charge is -2.16. The van der Waals surface area contributed by atoms with Crippen LogP contribution in [0.2, 0.25) is 5.02 Å². The second kappa shape index (κ2) is 9.38. The lowest BCUT2D eigenvalue weighted by molar-refractivity contribution is 0.411. The van der Waals surface area contributed by atoms with Gasteiger partial charge in [0.15, 0.2) is 5.16 Å². The van der Waals surface area contributed by atoms with Crippen molar-refractivity contribution in [2.24, 2.45) is 0 Å². The standard InChI is InChI=1S/C20H22ClN3O4S2/c1-23(2)30(26,27)12-6-11-29-20-22-16-13-14(21)9-10-15(16)19(25)24(20)17-7-4-5-8-18(17)28-3/h4-5,7-10,13H,6,11-12H2,1-3H3. The van der Waals surface area contributed by atoms with E-state index in [0.29, 0.717) is 44.7 Å². The number of rotatable bonds is 8. The summed E-state index contributed by atoms with van der Waals surface area (Å²) in [6.07, 6.45) is 0.417. The van der Waals surface area contributed by atoms with Gasteiger partial charge in [-0.1, -0.05) is 35.5 Å². The monoisotopic (exact) mass is 467 g/mol. The van der Waals surface area contributed by atoms with Crippen molar-refractivity contribution in [2.45, 2.75) is 11.6 Å². The molecular weight excluding hydrogens is 446 g/mol. The van der Waals surface area contributed by atoms with Crippen molar-refractivity contribution in [2.75, 3.05) is 32.7 Å². The Morgan fingerprint density at radius 1 is 1.20 bits per heavy atom. The molecule has 0 aliphatic heterocycles. The Hall–Kier alpha value is -2.07. The smallest absolute Gasteiger partial charge is 0.266 e. The van der Waals surface area contributed by atoms with Crippen LogP contribution in [0.1, 0.15) is 6.42 Å². The Kier molecular flexibility index (Phi) is 7.07. The number of thioether (sulfide) groups is 1. The van der Waals surface area contributed by atoms with Gasteiger partial charge in [0.25, 0.3) is 5.56 Å². The second-order valence-electron chi connectivity index (χ2n) is 6.67. The zero-order valence-corrected chi connectivity index (χ0v) is 19.2. The van der Waals surface area contributed by atoms with E-state index in [1.165, 1.54) is 41.8 Å². The van der Waals surface area contributed by atoms with E-state index >= 15 is 0 Å². The molecule has 0 atom stereocenters. The average Bonchev–Trinajstić information content (AvgIpc) is 2.71. The van der Waals surface area contributed by atoms with Crippen LogP contribution in [-0.4, -0.2) is 55.0 Å². The van der Waals surface area contributed by atoms with Gasteiger partial charge in [0, 0.05) is 24.9 Å². The molecule has 0 amide bonds. The van der Waals surface area contributed by atoms with Gasteiger partial charge in [-0.25, -0.2) is 17.7 Å². The number of methoxy groups -OCH3 is 1. The highest BCUT2D eigenvalue weighted by Gasteiger charge is 2.18. The van der Waals surface area contributed by atoms with Crippen LogP contribution in [0.25, 0.3) is 16.6 Å². The number of hydrogen-bond donors (Lipinski definition) is 0. The maximum Gasteiger partial charge on any atom is 0.266 e. The van der Waals surface area contributed by atoms with E-state index in [0.717, 1.165) is 0 Å². The van der Waals surface area contributed by atoms with E-state index in [9.17, 15) is 13.2 Å². The summed E-state index contributed by atoms with van der Waals surface area (Å²) in [4.78, 5) is 18.0. The maximum absolute atomic E-state index is 13.3. The SMILES string of the molecule is COc1ccccc1-n1c(SCCCS(=O)(=O)N(C)C)nc2cc(Cl)ccc2c1=O. The molecule has 0 radical (unpaired) electrons. The minimum absolute atomic E-state index is 0.0191. The zero-order chi connectivity index (χ0) is 21.9. The molecule has 0 aliphatic carbocycles. The van der Waals surface area contributed by atoms with E-state index in [2.05, 4.69) is 4.98 Å². The van der Waals surface area contributed by atoms with Crippen molar-refractivity contribution in [1.82, 2.24) is 13.9 Å². The lowest BCUT2D eigenvalue weighted by atomic mass is 10.2. The third-order valence-corrected chi connectivity index (χ3v) is 7.64. The molecule has 10 heteroatoms. The summed E-state index contributed by atoms with van der Waals surface area (Å²) in [7, 11) is 1.28. The molecular formula is C20H22ClN3O4S2. The summed E-state index contributed by atoms with van der Waals surface area (Å²) < 4.78 is 32.1. The molecule has 0 aliphatic rings. The fourth-order valence-electron chi connectivity index (χ4n) is 2.85. The Morgan fingerprint density at radius 2 is 1.93 bits per heavy atom. The molecule has 0 bridgehead atoms. The first-order chi connectivity index (χ1) is 14.2. The van der Waals surface area contributed by atoms with Crippen molar-refractivity contribution in [3.8, 4) is 11.4 Å². The first-order valence-corrected chi connectivity index (χ1v) is 12.1. The molecule has 0 saturated carbocycles. The van der Waals surface area contributed by atoms with Gasteiger partial charge in [0.05, 0.1) is 29.5 Å². The van der Waals surface area contributed by atoms with E-state index in [-0.39, 0.29) is 11.3 Å². The summed E-state index contributed by atoms with van der Waals surface area (Å²) in [5.41, 5.74) is 0.810. The zero-order valence-electron chi connectivity index (χ0n) is 16.8. The van der Waals surface area contributed by atoms with Gasteiger partial charge in [-0.15, -0.1) is 0 Å². The molecule has 0 spiro atoms. The van der Waals surface area contributed by atoms with Crippen LogP contribution in [0.3, 0.4) is 0 Å². The summed E-state index contributed by atoms with van der Waals surface area (Å²) >= 11 is 7.41. The molecule has 3 rings (SSSR count). The van der Waals surface area contributed by atoms with Crippen molar-refractivity contribution < 1.29 is 13.2 Å². The Labute approximate surface area is 184 Å². The van der Waals surface area contributed by atoms with Crippen LogP contribution in [0.5, 0.6) is 5.75 Å². The quantitative estimate of drug-likeness (QED) is 0.287. The molecule has 160 valence electrons. The molecule has 0 unspecified atom stereocenters. The van der Waals surface area contributed by atoms with E-state index in [1.807, 2.05) is 12.1 Å². The average molecular weight is 468 g/mol. The Morgan fingerprint density at radius 3 is 2.63 bits per heavy atom. The van der Waals surface area contributed by atoms with E-state index in [1.54, 1.807) is 30.3 Å². The fourth-order valence-corrected chi connectivity index (χ4v) is 5.02. The number of halogens is 1. The third-order valence-electron chi connectivity index (χ3n) is 4.46. The number of fused-ring (bicyclic) bond motifs is 1. The van der Waals surface area contributed by atoms with Crippen LogP contribution >= 0.6 is 23.4 Å². The normalized spacial score (nSPS) is 11.9. The molecule has 30 heavy (non-hydrogen) atoms. The molecule has 0 saturated heterocycles. The summed E-state index contributed by atoms with van der Waals surface area (Å²) in [5, 5.41) is 1.36. The second-order valence-corrected chi connectivity index (χ2v) is 10.5. The third kappa shape index (κ3) is 4.80. The predicted molar refractivity (Wildman–Crippen MR) is 122 cm³/mol. The van der Waals surface area contributed by atoms with Crippen LogP contribution in [-0.2, 0) is 10.0 Å². The number of nitrogens with zero attached hydrogens (tertiary/aromatic N) is 3. The molecule has 2 aromatic carbocycles. The van der Waals surface area contributed by atoms with Gasteiger partial charge in [-0.2, -0.15) is 0 Å². The summed E-state index contributed by atoms with van der Waals surface area (Å²) in [6, 6.07) is 12.1. The highest BCUT2D eigenvalue weighted by molar-refractivity contribution is 7.99. The van der Waals surface area contributed by atoms with Crippen LogP contribution in [0.4, 0.5) is 0 Å². The number of para-hydroxylation sites is 2. The van der Waals surface area contributed by atoms with E-state index in [4.69, 9.17) is 16.3 Å². The largest absolute Gasteiger partial charge is 0.495 e. The molecule has 1 heterocycles. The maximum atomic E-state index is 13.3. The van der Waals surface area contributed by atoms with Gasteiger partial charge in [0.2, 0.25) is 10.0 Å². The number of hydrogen-bond acceptors (Lipinski definition) is 6. The number of sulfonamides is 1. The topological polar surface area (TPSA) is 81.5 Å². The summed E-state index contributed by atoms with van der Waals surface area (Å²) in [5.74, 6) is 1.03. The number of benzene rings is 2. The summed E-state index contributed by atoms with van der Waals surface area (Å²) in [6.45, 7) is 0. The highest BCUT2D eigenvalue weighted by atomic mass is 35.5. The van der Waals surface area contributed by atoms with Gasteiger partial charge < -0.3 is 4.74 Å². The van der Waals surface area contributed by atoms with Gasteiger partial charge in [-0.05, 0) is 36.8 Å². The van der Waals surface area contributed by atoms with Crippen LogP contribution in [0.15, 0.2) is 52.4 Å². The minimum Gasteiger partial charge on any atom is -0.495 e. The van der Waals surface area contributed by atoms with Gasteiger partial charge >= 0.3 is 0 Å².